The monoisotopic (exact) mass is 483 g/mol. The van der Waals surface area contributed by atoms with E-state index in [0.717, 1.165) is 28.3 Å². The van der Waals surface area contributed by atoms with Gasteiger partial charge in [0, 0.05) is 17.4 Å². The first-order valence-corrected chi connectivity index (χ1v) is 11.8. The summed E-state index contributed by atoms with van der Waals surface area (Å²) in [6.45, 7) is 6.06. The van der Waals surface area contributed by atoms with Gasteiger partial charge in [0.2, 0.25) is 0 Å². The molecule has 2 N–H and O–H groups in total. The van der Waals surface area contributed by atoms with Crippen LogP contribution < -0.4 is 10.2 Å². The zero-order chi connectivity index (χ0) is 24.7. The Morgan fingerprint density at radius 3 is 2.51 bits per heavy atom. The normalized spacial score (nSPS) is 17.5. The molecule has 0 saturated carbocycles. The minimum Gasteiger partial charge on any atom is -0.478 e. The van der Waals surface area contributed by atoms with Crippen molar-refractivity contribution in [1.82, 2.24) is 10.3 Å². The Morgan fingerprint density at radius 1 is 1.00 bits per heavy atom. The zero-order valence-electron chi connectivity index (χ0n) is 19.6. The number of aromatic nitrogens is 1. The largest absolute Gasteiger partial charge is 0.478 e. The number of rotatable bonds is 5. The molecule has 1 saturated heterocycles. The van der Waals surface area contributed by atoms with Gasteiger partial charge in [0.25, 0.3) is 0 Å². The molecular weight excluding hydrogens is 458 g/mol. The lowest BCUT2D eigenvalue weighted by molar-refractivity contribution is 0.0696. The van der Waals surface area contributed by atoms with E-state index in [4.69, 9.17) is 16.6 Å². The summed E-state index contributed by atoms with van der Waals surface area (Å²) in [4.78, 5) is 18.0. The van der Waals surface area contributed by atoms with Crippen molar-refractivity contribution in [1.29, 1.82) is 0 Å². The number of carboxylic acids is 1. The summed E-state index contributed by atoms with van der Waals surface area (Å²) in [5, 5.41) is 13.4. The van der Waals surface area contributed by atoms with E-state index in [1.54, 1.807) is 24.4 Å². The molecule has 35 heavy (non-hydrogen) atoms. The Kier molecular flexibility index (Phi) is 5.86. The molecule has 5 rings (SSSR count). The van der Waals surface area contributed by atoms with Gasteiger partial charge < -0.3 is 19.7 Å². The van der Waals surface area contributed by atoms with Crippen LogP contribution >= 0.6 is 12.2 Å². The second-order valence-electron chi connectivity index (χ2n) is 8.80. The second kappa shape index (κ2) is 9.00. The molecule has 1 aliphatic rings. The Labute approximate surface area is 209 Å². The van der Waals surface area contributed by atoms with Crippen LogP contribution in [0.15, 0.2) is 77.3 Å². The number of hydrogen-bond acceptors (Lipinski definition) is 4. The van der Waals surface area contributed by atoms with Crippen molar-refractivity contribution in [3.63, 3.8) is 0 Å². The van der Waals surface area contributed by atoms with Gasteiger partial charge in [-0.25, -0.2) is 4.79 Å². The van der Waals surface area contributed by atoms with Crippen LogP contribution in [0.5, 0.6) is 0 Å². The van der Waals surface area contributed by atoms with Crippen LogP contribution in [0.25, 0.3) is 11.3 Å². The molecule has 0 amide bonds. The van der Waals surface area contributed by atoms with Crippen molar-refractivity contribution < 1.29 is 14.3 Å². The third kappa shape index (κ3) is 4.19. The van der Waals surface area contributed by atoms with Gasteiger partial charge in [-0.05, 0) is 98.2 Å². The number of thiocarbonyl (C=S) groups is 1. The van der Waals surface area contributed by atoms with Crippen molar-refractivity contribution in [3.8, 4) is 11.3 Å². The average Bonchev–Trinajstić information content (AvgIpc) is 3.46. The molecular formula is C28H25N3O3S. The molecule has 1 aliphatic heterocycles. The maximum atomic E-state index is 11.3. The van der Waals surface area contributed by atoms with E-state index >= 15 is 0 Å². The molecule has 176 valence electrons. The van der Waals surface area contributed by atoms with Crippen LogP contribution in [0.1, 0.15) is 50.6 Å². The number of nitrogens with one attached hydrogen (secondary N) is 1. The van der Waals surface area contributed by atoms with Gasteiger partial charge in [-0.3, -0.25) is 4.98 Å². The molecule has 1 fully saturated rings. The Bertz CT molecular complexity index is 1430. The standard InChI is InChI=1S/C28H25N3O3S/c1-16-7-9-20(15-17(16)2)31-26(25(30-28(31)35)22-6-4-5-13-29-22)24-12-11-23(34-24)21-10-8-19(27(32)33)14-18(21)3/h4-15,25-26H,1-3H3,(H,30,35)(H,32,33)/t25-,26+/m0/s1. The van der Waals surface area contributed by atoms with Gasteiger partial charge in [0.1, 0.15) is 17.6 Å². The molecule has 7 heteroatoms. The van der Waals surface area contributed by atoms with E-state index in [2.05, 4.69) is 47.2 Å². The summed E-state index contributed by atoms with van der Waals surface area (Å²) in [5.74, 6) is 0.461. The van der Waals surface area contributed by atoms with Crippen LogP contribution in [0, 0.1) is 20.8 Å². The van der Waals surface area contributed by atoms with Gasteiger partial charge in [-0.2, -0.15) is 0 Å². The maximum absolute atomic E-state index is 11.3. The van der Waals surface area contributed by atoms with E-state index in [1.165, 1.54) is 11.1 Å². The van der Waals surface area contributed by atoms with Crippen LogP contribution in [0.2, 0.25) is 0 Å². The highest BCUT2D eigenvalue weighted by molar-refractivity contribution is 7.80. The summed E-state index contributed by atoms with van der Waals surface area (Å²) < 4.78 is 6.42. The second-order valence-corrected chi connectivity index (χ2v) is 9.19. The van der Waals surface area contributed by atoms with Crippen molar-refractivity contribution in [3.05, 3.63) is 107 Å². The molecule has 2 aromatic heterocycles. The molecule has 3 heterocycles. The van der Waals surface area contributed by atoms with Crippen LogP contribution in [0.3, 0.4) is 0 Å². The highest BCUT2D eigenvalue weighted by atomic mass is 32.1. The van der Waals surface area contributed by atoms with E-state index in [-0.39, 0.29) is 17.6 Å². The van der Waals surface area contributed by atoms with Crippen LogP contribution in [-0.4, -0.2) is 21.2 Å². The third-order valence-electron chi connectivity index (χ3n) is 6.52. The number of carboxylic acid groups (broad SMARTS) is 1. The number of anilines is 1. The minimum atomic E-state index is -0.951. The average molecular weight is 484 g/mol. The molecule has 0 spiro atoms. The number of aryl methyl sites for hydroxylation is 3. The molecule has 0 radical (unpaired) electrons. The van der Waals surface area contributed by atoms with Gasteiger partial charge >= 0.3 is 5.97 Å². The quantitative estimate of drug-likeness (QED) is 0.330. The van der Waals surface area contributed by atoms with E-state index in [1.807, 2.05) is 37.3 Å². The van der Waals surface area contributed by atoms with Gasteiger partial charge in [0.05, 0.1) is 17.3 Å². The summed E-state index contributed by atoms with van der Waals surface area (Å²) >= 11 is 5.80. The van der Waals surface area contributed by atoms with Crippen molar-refractivity contribution >= 4 is 29.0 Å². The zero-order valence-corrected chi connectivity index (χ0v) is 20.5. The Morgan fingerprint density at radius 2 is 1.83 bits per heavy atom. The number of nitrogens with zero attached hydrogens (tertiary/aromatic N) is 2. The van der Waals surface area contributed by atoms with E-state index in [0.29, 0.717) is 10.9 Å². The lowest BCUT2D eigenvalue weighted by Gasteiger charge is -2.26. The third-order valence-corrected chi connectivity index (χ3v) is 6.84. The molecule has 2 aromatic carbocycles. The first kappa shape index (κ1) is 22.8. The lowest BCUT2D eigenvalue weighted by atomic mass is 10.0. The molecule has 6 nitrogen and oxygen atoms in total. The summed E-state index contributed by atoms with van der Waals surface area (Å²) in [6.07, 6.45) is 1.77. The smallest absolute Gasteiger partial charge is 0.335 e. The van der Waals surface area contributed by atoms with E-state index < -0.39 is 5.97 Å². The first-order chi connectivity index (χ1) is 16.8. The number of benzene rings is 2. The molecule has 4 aromatic rings. The number of pyridine rings is 1. The minimum absolute atomic E-state index is 0.209. The van der Waals surface area contributed by atoms with Gasteiger partial charge in [0.15, 0.2) is 5.11 Å². The predicted octanol–water partition coefficient (Wildman–Crippen LogP) is 6.14. The molecule has 0 aliphatic carbocycles. The fourth-order valence-electron chi connectivity index (χ4n) is 4.53. The summed E-state index contributed by atoms with van der Waals surface area (Å²) in [5.41, 5.74) is 6.17. The van der Waals surface area contributed by atoms with E-state index in [9.17, 15) is 9.90 Å². The summed E-state index contributed by atoms with van der Waals surface area (Å²) in [6, 6.07) is 20.6. The Balaban J connectivity index is 1.60. The maximum Gasteiger partial charge on any atom is 0.335 e. The van der Waals surface area contributed by atoms with Crippen molar-refractivity contribution in [2.24, 2.45) is 0 Å². The highest BCUT2D eigenvalue weighted by Crippen LogP contribution is 2.43. The number of aromatic carboxylic acids is 1. The fourth-order valence-corrected chi connectivity index (χ4v) is 4.87. The topological polar surface area (TPSA) is 78.6 Å². The Hall–Kier alpha value is -3.97. The van der Waals surface area contributed by atoms with Crippen LogP contribution in [0.4, 0.5) is 5.69 Å². The first-order valence-electron chi connectivity index (χ1n) is 11.4. The fraction of sp³-hybridized carbons (Fsp3) is 0.179. The SMILES string of the molecule is Cc1ccc(N2C(=S)N[C@@H](c3ccccn3)[C@H]2c2ccc(-c3ccc(C(=O)O)cc3C)o2)cc1C. The summed E-state index contributed by atoms with van der Waals surface area (Å²) in [7, 11) is 0. The molecule has 0 bridgehead atoms. The number of hydrogen-bond donors (Lipinski definition) is 2. The molecule has 2 atom stereocenters. The number of carbonyl (C=O) groups is 1. The molecule has 0 unspecified atom stereocenters. The van der Waals surface area contributed by atoms with Gasteiger partial charge in [-0.15, -0.1) is 0 Å². The number of furan rings is 1. The lowest BCUT2D eigenvalue weighted by Crippen LogP contribution is -2.29. The predicted molar refractivity (Wildman–Crippen MR) is 140 cm³/mol. The highest BCUT2D eigenvalue weighted by Gasteiger charge is 2.42. The van der Waals surface area contributed by atoms with Crippen molar-refractivity contribution in [2.75, 3.05) is 4.90 Å². The van der Waals surface area contributed by atoms with Crippen LogP contribution in [-0.2, 0) is 0 Å². The van der Waals surface area contributed by atoms with Crippen molar-refractivity contribution in [2.45, 2.75) is 32.9 Å². The van der Waals surface area contributed by atoms with Gasteiger partial charge in [-0.1, -0.05) is 18.2 Å².